The van der Waals surface area contributed by atoms with Gasteiger partial charge in [-0.3, -0.25) is 0 Å². The van der Waals surface area contributed by atoms with Gasteiger partial charge in [0.1, 0.15) is 11.5 Å². The van der Waals surface area contributed by atoms with Crippen LogP contribution in [0, 0.1) is 0 Å². The summed E-state index contributed by atoms with van der Waals surface area (Å²) < 4.78 is 32.6. The molecular weight excluding hydrogens is 278 g/mol. The van der Waals surface area contributed by atoms with Gasteiger partial charge in [0, 0.05) is 5.56 Å². The highest BCUT2D eigenvalue weighted by molar-refractivity contribution is 7.89. The van der Waals surface area contributed by atoms with Gasteiger partial charge in [0.15, 0.2) is 0 Å². The standard InChI is InChI=1S/C14H23NO4S/c1-14(2,3)12-10-11(18-4)6-7-13(12)19-8-5-9-20(15,16)17/h6-7,10H,5,8-9H2,1-4H3,(H2,15,16,17). The molecule has 114 valence electrons. The molecule has 0 saturated heterocycles. The first-order valence-electron chi connectivity index (χ1n) is 6.45. The second-order valence-electron chi connectivity index (χ2n) is 5.68. The van der Waals surface area contributed by atoms with Gasteiger partial charge >= 0.3 is 0 Å². The molecule has 1 rings (SSSR count). The number of rotatable bonds is 6. The quantitative estimate of drug-likeness (QED) is 0.816. The maximum absolute atomic E-state index is 10.9. The average Bonchev–Trinajstić information content (AvgIpc) is 2.32. The third kappa shape index (κ3) is 5.38. The zero-order valence-corrected chi connectivity index (χ0v) is 13.3. The Labute approximate surface area is 121 Å². The largest absolute Gasteiger partial charge is 0.497 e. The molecule has 1 aromatic rings. The molecule has 0 aliphatic heterocycles. The van der Waals surface area contributed by atoms with Crippen LogP contribution in [0.2, 0.25) is 0 Å². The lowest BCUT2D eigenvalue weighted by Gasteiger charge is -2.23. The molecule has 0 aliphatic carbocycles. The van der Waals surface area contributed by atoms with Crippen LogP contribution in [0.15, 0.2) is 18.2 Å². The SMILES string of the molecule is COc1ccc(OCCCS(N)(=O)=O)c(C(C)(C)C)c1. The molecule has 20 heavy (non-hydrogen) atoms. The van der Waals surface area contributed by atoms with Crippen molar-refractivity contribution in [2.24, 2.45) is 5.14 Å². The number of hydrogen-bond acceptors (Lipinski definition) is 4. The van der Waals surface area contributed by atoms with Crippen LogP contribution in [0.1, 0.15) is 32.8 Å². The second-order valence-corrected chi connectivity index (χ2v) is 7.42. The molecule has 0 fully saturated rings. The first-order valence-corrected chi connectivity index (χ1v) is 8.17. The van der Waals surface area contributed by atoms with Crippen molar-refractivity contribution in [1.82, 2.24) is 0 Å². The van der Waals surface area contributed by atoms with Crippen LogP contribution in [0.5, 0.6) is 11.5 Å². The van der Waals surface area contributed by atoms with Crippen LogP contribution in [0.4, 0.5) is 0 Å². The van der Waals surface area contributed by atoms with E-state index in [0.717, 1.165) is 17.1 Å². The van der Waals surface area contributed by atoms with Crippen molar-refractivity contribution in [2.75, 3.05) is 19.5 Å². The number of sulfonamides is 1. The van der Waals surface area contributed by atoms with Crippen molar-refractivity contribution in [3.63, 3.8) is 0 Å². The minimum atomic E-state index is -3.43. The van der Waals surface area contributed by atoms with E-state index >= 15 is 0 Å². The van der Waals surface area contributed by atoms with Crippen LogP contribution < -0.4 is 14.6 Å². The van der Waals surface area contributed by atoms with E-state index in [4.69, 9.17) is 14.6 Å². The van der Waals surface area contributed by atoms with E-state index in [1.165, 1.54) is 0 Å². The van der Waals surface area contributed by atoms with E-state index in [1.54, 1.807) is 7.11 Å². The summed E-state index contributed by atoms with van der Waals surface area (Å²) in [6.07, 6.45) is 0.369. The molecule has 0 radical (unpaired) electrons. The predicted octanol–water partition coefficient (Wildman–Crippen LogP) is 2.05. The summed E-state index contributed by atoms with van der Waals surface area (Å²) in [6.45, 7) is 6.56. The molecule has 0 unspecified atom stereocenters. The second kappa shape index (κ2) is 6.45. The smallest absolute Gasteiger partial charge is 0.209 e. The number of hydrogen-bond donors (Lipinski definition) is 1. The normalized spacial score (nSPS) is 12.2. The summed E-state index contributed by atoms with van der Waals surface area (Å²) in [6, 6.07) is 5.61. The summed E-state index contributed by atoms with van der Waals surface area (Å²) >= 11 is 0. The summed E-state index contributed by atoms with van der Waals surface area (Å²) in [7, 11) is -1.81. The third-order valence-corrected chi connectivity index (χ3v) is 3.68. The maximum Gasteiger partial charge on any atom is 0.209 e. The fourth-order valence-corrected chi connectivity index (χ4v) is 2.31. The highest BCUT2D eigenvalue weighted by Gasteiger charge is 2.20. The van der Waals surface area contributed by atoms with Crippen molar-refractivity contribution in [1.29, 1.82) is 0 Å². The van der Waals surface area contributed by atoms with Crippen molar-refractivity contribution < 1.29 is 17.9 Å². The van der Waals surface area contributed by atoms with Gasteiger partial charge < -0.3 is 9.47 Å². The van der Waals surface area contributed by atoms with Crippen molar-refractivity contribution in [2.45, 2.75) is 32.6 Å². The number of benzene rings is 1. The van der Waals surface area contributed by atoms with Crippen LogP contribution in [0.3, 0.4) is 0 Å². The topological polar surface area (TPSA) is 78.6 Å². The van der Waals surface area contributed by atoms with Crippen LogP contribution >= 0.6 is 0 Å². The molecule has 6 heteroatoms. The van der Waals surface area contributed by atoms with Gasteiger partial charge in [-0.05, 0) is 30.0 Å². The lowest BCUT2D eigenvalue weighted by molar-refractivity contribution is 0.307. The highest BCUT2D eigenvalue weighted by Crippen LogP contribution is 2.34. The first-order chi connectivity index (χ1) is 9.13. The Morgan fingerprint density at radius 1 is 1.25 bits per heavy atom. The first kappa shape index (κ1) is 16.8. The van der Waals surface area contributed by atoms with E-state index in [1.807, 2.05) is 18.2 Å². The molecule has 0 aromatic heterocycles. The monoisotopic (exact) mass is 301 g/mol. The Morgan fingerprint density at radius 3 is 2.40 bits per heavy atom. The van der Waals surface area contributed by atoms with Gasteiger partial charge in [-0.15, -0.1) is 0 Å². The highest BCUT2D eigenvalue weighted by atomic mass is 32.2. The van der Waals surface area contributed by atoms with E-state index in [0.29, 0.717) is 13.0 Å². The van der Waals surface area contributed by atoms with Gasteiger partial charge in [0.2, 0.25) is 10.0 Å². The van der Waals surface area contributed by atoms with E-state index in [2.05, 4.69) is 20.8 Å². The van der Waals surface area contributed by atoms with Crippen LogP contribution in [-0.4, -0.2) is 27.9 Å². The fourth-order valence-electron chi connectivity index (χ4n) is 1.79. The zero-order chi connectivity index (χ0) is 15.4. The fraction of sp³-hybridized carbons (Fsp3) is 0.571. The molecule has 0 aliphatic rings. The predicted molar refractivity (Wildman–Crippen MR) is 79.8 cm³/mol. The summed E-state index contributed by atoms with van der Waals surface area (Å²) in [5.74, 6) is 1.44. The van der Waals surface area contributed by atoms with Gasteiger partial charge in [-0.1, -0.05) is 20.8 Å². The minimum absolute atomic E-state index is 0.0754. The van der Waals surface area contributed by atoms with Crippen LogP contribution in [0.25, 0.3) is 0 Å². The van der Waals surface area contributed by atoms with Gasteiger partial charge in [-0.25, -0.2) is 13.6 Å². The molecule has 5 nitrogen and oxygen atoms in total. The van der Waals surface area contributed by atoms with Crippen molar-refractivity contribution in [3.8, 4) is 11.5 Å². The number of nitrogens with two attached hydrogens (primary N) is 1. The summed E-state index contributed by atoms with van der Waals surface area (Å²) in [4.78, 5) is 0. The Balaban J connectivity index is 2.79. The van der Waals surface area contributed by atoms with E-state index in [9.17, 15) is 8.42 Å². The van der Waals surface area contributed by atoms with E-state index in [-0.39, 0.29) is 11.2 Å². The Morgan fingerprint density at radius 2 is 1.90 bits per heavy atom. The average molecular weight is 301 g/mol. The number of methoxy groups -OCH3 is 1. The molecule has 0 spiro atoms. The lowest BCUT2D eigenvalue weighted by Crippen LogP contribution is -2.19. The van der Waals surface area contributed by atoms with E-state index < -0.39 is 10.0 Å². The van der Waals surface area contributed by atoms with Gasteiger partial charge in [0.05, 0.1) is 19.5 Å². The molecular formula is C14H23NO4S. The van der Waals surface area contributed by atoms with Crippen molar-refractivity contribution >= 4 is 10.0 Å². The van der Waals surface area contributed by atoms with Gasteiger partial charge in [0.25, 0.3) is 0 Å². The molecule has 0 atom stereocenters. The zero-order valence-electron chi connectivity index (χ0n) is 12.5. The number of ether oxygens (including phenoxy) is 2. The molecule has 1 aromatic carbocycles. The molecule has 0 heterocycles. The summed E-state index contributed by atoms with van der Waals surface area (Å²) in [5.41, 5.74) is 0.927. The molecule has 0 saturated carbocycles. The molecule has 0 bridgehead atoms. The number of primary sulfonamides is 1. The summed E-state index contributed by atoms with van der Waals surface area (Å²) in [5, 5.41) is 4.95. The Hall–Kier alpha value is -1.27. The van der Waals surface area contributed by atoms with Gasteiger partial charge in [-0.2, -0.15) is 0 Å². The Bertz CT molecular complexity index is 547. The van der Waals surface area contributed by atoms with Crippen LogP contribution in [-0.2, 0) is 15.4 Å². The maximum atomic E-state index is 10.9. The Kier molecular flexibility index (Phi) is 5.42. The molecule has 2 N–H and O–H groups in total. The molecule has 0 amide bonds. The third-order valence-electron chi connectivity index (χ3n) is 2.83. The minimum Gasteiger partial charge on any atom is -0.497 e. The van der Waals surface area contributed by atoms with Crippen molar-refractivity contribution in [3.05, 3.63) is 23.8 Å². The lowest BCUT2D eigenvalue weighted by atomic mass is 9.86.